The van der Waals surface area contributed by atoms with Crippen molar-refractivity contribution in [2.75, 3.05) is 23.7 Å². The van der Waals surface area contributed by atoms with Crippen LogP contribution in [0.5, 0.6) is 0 Å². The highest BCUT2D eigenvalue weighted by molar-refractivity contribution is 6.03. The van der Waals surface area contributed by atoms with Crippen molar-refractivity contribution in [3.8, 4) is 11.4 Å². The van der Waals surface area contributed by atoms with Crippen LogP contribution in [-0.4, -0.2) is 78.2 Å². The van der Waals surface area contributed by atoms with Crippen LogP contribution < -0.4 is 10.6 Å². The van der Waals surface area contributed by atoms with Crippen LogP contribution in [0.15, 0.2) is 122 Å². The van der Waals surface area contributed by atoms with Crippen LogP contribution in [0.25, 0.3) is 23.5 Å². The Labute approximate surface area is 362 Å². The van der Waals surface area contributed by atoms with Gasteiger partial charge in [0.2, 0.25) is 11.8 Å². The number of hydrogen-bond donors (Lipinski definition) is 2. The largest absolute Gasteiger partial charge is 0.326 e. The van der Waals surface area contributed by atoms with Crippen LogP contribution in [0.1, 0.15) is 95.6 Å². The van der Waals surface area contributed by atoms with Crippen LogP contribution in [0.3, 0.4) is 0 Å². The number of hydrogen-bond acceptors (Lipinski definition) is 6. The fourth-order valence-electron chi connectivity index (χ4n) is 8.52. The number of carbonyl (C=O) groups excluding carboxylic acids is 4. The molecule has 62 heavy (non-hydrogen) atoms. The summed E-state index contributed by atoms with van der Waals surface area (Å²) < 4.78 is 3.66. The van der Waals surface area contributed by atoms with Gasteiger partial charge >= 0.3 is 0 Å². The molecule has 0 radical (unpaired) electrons. The normalized spacial score (nSPS) is 16.2. The first kappa shape index (κ1) is 41.6. The lowest BCUT2D eigenvalue weighted by atomic mass is 10.1. The summed E-state index contributed by atoms with van der Waals surface area (Å²) in [4.78, 5) is 58.3. The van der Waals surface area contributed by atoms with Gasteiger partial charge in [-0.25, -0.2) is 9.36 Å². The highest BCUT2D eigenvalue weighted by Crippen LogP contribution is 2.27. The number of carbonyl (C=O) groups is 4. The van der Waals surface area contributed by atoms with Gasteiger partial charge in [0.05, 0.1) is 46.3 Å². The van der Waals surface area contributed by atoms with Gasteiger partial charge in [-0.05, 0) is 98.2 Å². The summed E-state index contributed by atoms with van der Waals surface area (Å²) in [6, 6.07) is 33.6. The van der Waals surface area contributed by atoms with Crippen LogP contribution in [0, 0.1) is 0 Å². The first-order valence-corrected chi connectivity index (χ1v) is 21.7. The van der Waals surface area contributed by atoms with Gasteiger partial charge < -0.3 is 20.4 Å². The average molecular weight is 829 g/mol. The minimum absolute atomic E-state index is 0.165. The summed E-state index contributed by atoms with van der Waals surface area (Å²) in [5.41, 5.74) is 7.79. The van der Waals surface area contributed by atoms with Gasteiger partial charge in [0.15, 0.2) is 0 Å². The fourth-order valence-corrected chi connectivity index (χ4v) is 8.52. The molecule has 2 fully saturated rings. The zero-order valence-electron chi connectivity index (χ0n) is 35.2. The number of aromatic nitrogens is 4. The van der Waals surface area contributed by atoms with Crippen molar-refractivity contribution in [1.29, 1.82) is 0 Å². The Morgan fingerprint density at radius 1 is 0.565 bits per heavy atom. The number of anilines is 2. The number of rotatable bonds is 14. The van der Waals surface area contributed by atoms with E-state index in [1.165, 1.54) is 0 Å². The number of para-hydroxylation sites is 2. The van der Waals surface area contributed by atoms with Crippen LogP contribution >= 0.6 is 0 Å². The maximum absolute atomic E-state index is 13.9. The van der Waals surface area contributed by atoms with Crippen LogP contribution in [-0.2, 0) is 22.4 Å². The van der Waals surface area contributed by atoms with E-state index in [2.05, 4.69) is 34.7 Å². The second-order valence-electron chi connectivity index (χ2n) is 15.9. The summed E-state index contributed by atoms with van der Waals surface area (Å²) in [5, 5.41) is 15.2. The van der Waals surface area contributed by atoms with Crippen molar-refractivity contribution in [1.82, 2.24) is 29.4 Å². The molecule has 4 heterocycles. The van der Waals surface area contributed by atoms with E-state index in [1.807, 2.05) is 131 Å². The van der Waals surface area contributed by atoms with Crippen molar-refractivity contribution in [3.63, 3.8) is 0 Å². The molecule has 2 saturated heterocycles. The first-order valence-electron chi connectivity index (χ1n) is 21.7. The van der Waals surface area contributed by atoms with Crippen molar-refractivity contribution >= 4 is 47.2 Å². The molecule has 2 atom stereocenters. The summed E-state index contributed by atoms with van der Waals surface area (Å²) in [6.07, 6.45) is 13.0. The molecule has 4 aromatic carbocycles. The standard InChI is InChI=1S/C50H52N8O4/c1-3-13-43-41(33-51-57(43)39-15-7-5-8-16-39)49(61)55-31-11-19-45(55)47(59)53-37-27-23-35(24-28-37)21-22-36-25-29-38(30-26-36)54-48(60)46-20-12-32-56(46)50(62)42-34-52-58(44(42)14-4-2)40-17-9-6-10-18-40/h5-10,15-18,21-30,33-34,45-46H,3-4,11-14,19-20,31-32H2,1-2H3,(H,53,59)(H,54,60)/b22-21+/t45-,46-/m0/s1. The molecule has 0 unspecified atom stereocenters. The molecule has 2 aliphatic rings. The second kappa shape index (κ2) is 19.1. The SMILES string of the molecule is CCCc1c(C(=O)N2CCC[C@H]2C(=O)Nc2ccc(/C=C/c3ccc(NC(=O)[C@@H]4CCCN4C(=O)c4cnn(-c5ccccc5)c4CCC)cc3)cc2)cnn1-c1ccccc1. The van der Waals surface area contributed by atoms with E-state index in [0.717, 1.165) is 59.6 Å². The Balaban J connectivity index is 0.855. The molecular weight excluding hydrogens is 777 g/mol. The van der Waals surface area contributed by atoms with E-state index >= 15 is 0 Å². The second-order valence-corrected chi connectivity index (χ2v) is 15.9. The van der Waals surface area contributed by atoms with Gasteiger partial charge in [0, 0.05) is 24.5 Å². The van der Waals surface area contributed by atoms with Crippen molar-refractivity contribution < 1.29 is 19.2 Å². The minimum atomic E-state index is -0.570. The Kier molecular flexibility index (Phi) is 12.8. The van der Waals surface area contributed by atoms with Gasteiger partial charge in [-0.2, -0.15) is 10.2 Å². The number of likely N-dealkylation sites (tertiary alicyclic amines) is 2. The molecule has 4 amide bonds. The molecule has 316 valence electrons. The van der Waals surface area contributed by atoms with Crippen LogP contribution in [0.2, 0.25) is 0 Å². The van der Waals surface area contributed by atoms with Gasteiger partial charge in [-0.15, -0.1) is 0 Å². The molecule has 0 bridgehead atoms. The quantitative estimate of drug-likeness (QED) is 0.106. The number of nitrogens with one attached hydrogen (secondary N) is 2. The molecule has 2 N–H and O–H groups in total. The van der Waals surface area contributed by atoms with E-state index in [0.29, 0.717) is 61.3 Å². The Hall–Kier alpha value is -7.08. The smallest absolute Gasteiger partial charge is 0.258 e. The van der Waals surface area contributed by atoms with Crippen molar-refractivity contribution in [3.05, 3.63) is 155 Å². The third kappa shape index (κ3) is 9.00. The number of amides is 4. The Bertz CT molecular complexity index is 2370. The third-order valence-electron chi connectivity index (χ3n) is 11.6. The molecule has 0 spiro atoms. The average Bonchev–Trinajstić information content (AvgIpc) is 4.14. The highest BCUT2D eigenvalue weighted by Gasteiger charge is 2.37. The van der Waals surface area contributed by atoms with Gasteiger partial charge in [0.25, 0.3) is 11.8 Å². The van der Waals surface area contributed by atoms with E-state index < -0.39 is 12.1 Å². The monoisotopic (exact) mass is 828 g/mol. The molecular formula is C50H52N8O4. The van der Waals surface area contributed by atoms with Crippen molar-refractivity contribution in [2.24, 2.45) is 0 Å². The first-order chi connectivity index (χ1) is 30.3. The van der Waals surface area contributed by atoms with E-state index in [-0.39, 0.29) is 23.6 Å². The lowest BCUT2D eigenvalue weighted by molar-refractivity contribution is -0.120. The molecule has 2 aromatic heterocycles. The topological polar surface area (TPSA) is 134 Å². The summed E-state index contributed by atoms with van der Waals surface area (Å²) >= 11 is 0. The molecule has 2 aliphatic heterocycles. The summed E-state index contributed by atoms with van der Waals surface area (Å²) in [6.45, 7) is 5.18. The fraction of sp³-hybridized carbons (Fsp3) is 0.280. The van der Waals surface area contributed by atoms with E-state index in [9.17, 15) is 19.2 Å². The van der Waals surface area contributed by atoms with Crippen molar-refractivity contribution in [2.45, 2.75) is 77.3 Å². The van der Waals surface area contributed by atoms with E-state index in [1.54, 1.807) is 22.2 Å². The molecule has 8 rings (SSSR count). The zero-order valence-corrected chi connectivity index (χ0v) is 35.2. The molecule has 12 nitrogen and oxygen atoms in total. The predicted molar refractivity (Wildman–Crippen MR) is 242 cm³/mol. The minimum Gasteiger partial charge on any atom is -0.326 e. The summed E-state index contributed by atoms with van der Waals surface area (Å²) in [7, 11) is 0. The zero-order chi connectivity index (χ0) is 43.0. The van der Waals surface area contributed by atoms with Crippen LogP contribution in [0.4, 0.5) is 11.4 Å². The molecule has 6 aromatic rings. The highest BCUT2D eigenvalue weighted by atomic mass is 16.2. The molecule has 12 heteroatoms. The molecule has 0 saturated carbocycles. The molecule has 0 aliphatic carbocycles. The number of nitrogens with zero attached hydrogens (tertiary/aromatic N) is 6. The third-order valence-corrected chi connectivity index (χ3v) is 11.6. The van der Waals surface area contributed by atoms with E-state index in [4.69, 9.17) is 0 Å². The van der Waals surface area contributed by atoms with Gasteiger partial charge in [0.1, 0.15) is 12.1 Å². The predicted octanol–water partition coefficient (Wildman–Crippen LogP) is 8.62. The summed E-state index contributed by atoms with van der Waals surface area (Å²) in [5.74, 6) is -0.741. The lowest BCUT2D eigenvalue weighted by Gasteiger charge is -2.24. The Morgan fingerprint density at radius 2 is 0.952 bits per heavy atom. The van der Waals surface area contributed by atoms with Gasteiger partial charge in [-0.1, -0.05) is 99.5 Å². The lowest BCUT2D eigenvalue weighted by Crippen LogP contribution is -2.43. The Morgan fingerprint density at radius 3 is 1.32 bits per heavy atom. The maximum atomic E-state index is 13.9. The van der Waals surface area contributed by atoms with Gasteiger partial charge in [-0.3, -0.25) is 19.2 Å². The number of benzene rings is 4. The maximum Gasteiger partial charge on any atom is 0.258 e.